The first kappa shape index (κ1) is 16.2. The van der Waals surface area contributed by atoms with Crippen LogP contribution in [-0.4, -0.2) is 27.2 Å². The summed E-state index contributed by atoms with van der Waals surface area (Å²) in [5.41, 5.74) is 2.46. The van der Waals surface area contributed by atoms with Gasteiger partial charge in [0.05, 0.1) is 17.8 Å². The predicted molar refractivity (Wildman–Crippen MR) is 89.9 cm³/mol. The van der Waals surface area contributed by atoms with Crippen LogP contribution in [0.4, 0.5) is 0 Å². The van der Waals surface area contributed by atoms with Gasteiger partial charge >= 0.3 is 5.97 Å². The van der Waals surface area contributed by atoms with Crippen LogP contribution in [0.15, 0.2) is 24.3 Å². The molecule has 0 saturated carbocycles. The van der Waals surface area contributed by atoms with E-state index < -0.39 is 5.54 Å². The van der Waals surface area contributed by atoms with E-state index in [0.717, 1.165) is 16.8 Å². The number of amides is 1. The summed E-state index contributed by atoms with van der Waals surface area (Å²) in [4.78, 5) is 24.3. The van der Waals surface area contributed by atoms with Gasteiger partial charge in [-0.15, -0.1) is 5.10 Å². The van der Waals surface area contributed by atoms with E-state index in [1.54, 1.807) is 13.0 Å². The fourth-order valence-electron chi connectivity index (χ4n) is 2.94. The minimum Gasteiger partial charge on any atom is -0.405 e. The topological polar surface area (TPSA) is 73.2 Å². The van der Waals surface area contributed by atoms with Crippen molar-refractivity contribution in [3.05, 3.63) is 35.4 Å². The SMILES string of the molecule is CCC(=O)Oc1nn2c(c1C)-c1ccccc1C(=O)NC(C)(C)C2. The normalized spacial score (nSPS) is 15.6. The quantitative estimate of drug-likeness (QED) is 0.861. The van der Waals surface area contributed by atoms with Gasteiger partial charge in [-0.25, -0.2) is 0 Å². The highest BCUT2D eigenvalue weighted by Gasteiger charge is 2.31. The molecule has 1 aromatic carbocycles. The third kappa shape index (κ3) is 2.79. The fraction of sp³-hybridized carbons (Fsp3) is 0.389. The Morgan fingerprint density at radius 1 is 1.33 bits per heavy atom. The van der Waals surface area contributed by atoms with Crippen molar-refractivity contribution in [2.75, 3.05) is 0 Å². The molecule has 0 aliphatic carbocycles. The van der Waals surface area contributed by atoms with Gasteiger partial charge in [-0.3, -0.25) is 14.3 Å². The van der Waals surface area contributed by atoms with E-state index in [2.05, 4.69) is 10.4 Å². The third-order valence-corrected chi connectivity index (χ3v) is 4.07. The summed E-state index contributed by atoms with van der Waals surface area (Å²) in [6.45, 7) is 7.97. The maximum atomic E-state index is 12.6. The Bertz CT molecular complexity index is 821. The Balaban J connectivity index is 2.22. The molecule has 6 nitrogen and oxygen atoms in total. The maximum absolute atomic E-state index is 12.6. The molecule has 1 N–H and O–H groups in total. The average molecular weight is 327 g/mol. The van der Waals surface area contributed by atoms with Crippen LogP contribution in [-0.2, 0) is 11.3 Å². The molecule has 0 unspecified atom stereocenters. The van der Waals surface area contributed by atoms with Crippen LogP contribution in [0, 0.1) is 6.92 Å². The molecule has 3 rings (SSSR count). The molecule has 1 aliphatic rings. The highest BCUT2D eigenvalue weighted by Crippen LogP contribution is 2.34. The highest BCUT2D eigenvalue weighted by molar-refractivity contribution is 6.01. The van der Waals surface area contributed by atoms with Crippen LogP contribution in [0.1, 0.15) is 43.1 Å². The van der Waals surface area contributed by atoms with Gasteiger partial charge in [0.1, 0.15) is 0 Å². The zero-order chi connectivity index (χ0) is 17.5. The van der Waals surface area contributed by atoms with Crippen LogP contribution in [0.3, 0.4) is 0 Å². The number of ether oxygens (including phenoxy) is 1. The second-order valence-corrected chi connectivity index (χ2v) is 6.65. The molecule has 0 radical (unpaired) electrons. The molecule has 2 heterocycles. The average Bonchev–Trinajstić information content (AvgIpc) is 2.80. The van der Waals surface area contributed by atoms with E-state index in [9.17, 15) is 9.59 Å². The van der Waals surface area contributed by atoms with Gasteiger partial charge in [0.2, 0.25) is 5.88 Å². The number of benzene rings is 1. The lowest BCUT2D eigenvalue weighted by Crippen LogP contribution is -2.48. The summed E-state index contributed by atoms with van der Waals surface area (Å²) in [7, 11) is 0. The van der Waals surface area contributed by atoms with Crippen molar-refractivity contribution in [1.29, 1.82) is 0 Å². The molecule has 1 aromatic heterocycles. The lowest BCUT2D eigenvalue weighted by atomic mass is 9.96. The standard InChI is InChI=1S/C18H21N3O3/c1-5-14(22)24-17-11(2)15-12-8-6-7-9-13(12)16(23)19-18(3,4)10-21(15)20-17/h6-9H,5,10H2,1-4H3,(H,19,23). The number of hydrogen-bond acceptors (Lipinski definition) is 4. The lowest BCUT2D eigenvalue weighted by Gasteiger charge is -2.30. The molecule has 24 heavy (non-hydrogen) atoms. The third-order valence-electron chi connectivity index (χ3n) is 4.07. The van der Waals surface area contributed by atoms with Crippen LogP contribution in [0.5, 0.6) is 5.88 Å². The van der Waals surface area contributed by atoms with Crippen molar-refractivity contribution in [3.8, 4) is 17.1 Å². The monoisotopic (exact) mass is 327 g/mol. The molecule has 0 bridgehead atoms. The van der Waals surface area contributed by atoms with Crippen molar-refractivity contribution in [2.24, 2.45) is 0 Å². The smallest absolute Gasteiger partial charge is 0.312 e. The molecule has 1 aliphatic heterocycles. The number of nitrogens with one attached hydrogen (secondary N) is 1. The minimum absolute atomic E-state index is 0.116. The number of fused-ring (bicyclic) bond motifs is 3. The van der Waals surface area contributed by atoms with Crippen LogP contribution >= 0.6 is 0 Å². The van der Waals surface area contributed by atoms with Gasteiger partial charge in [-0.2, -0.15) is 0 Å². The molecule has 0 spiro atoms. The summed E-state index contributed by atoms with van der Waals surface area (Å²) in [6.07, 6.45) is 0.282. The first-order valence-corrected chi connectivity index (χ1v) is 8.02. The molecule has 1 amide bonds. The minimum atomic E-state index is -0.482. The first-order valence-electron chi connectivity index (χ1n) is 8.02. The molecule has 126 valence electrons. The summed E-state index contributed by atoms with van der Waals surface area (Å²) in [6, 6.07) is 7.40. The van der Waals surface area contributed by atoms with Gasteiger partial charge in [-0.1, -0.05) is 25.1 Å². The zero-order valence-electron chi connectivity index (χ0n) is 14.3. The van der Waals surface area contributed by atoms with E-state index in [1.165, 1.54) is 0 Å². The Kier molecular flexibility index (Phi) is 3.91. The Morgan fingerprint density at radius 2 is 2.00 bits per heavy atom. The highest BCUT2D eigenvalue weighted by atomic mass is 16.5. The number of hydrogen-bond donors (Lipinski definition) is 1. The van der Waals surface area contributed by atoms with Gasteiger partial charge in [-0.05, 0) is 26.8 Å². The zero-order valence-corrected chi connectivity index (χ0v) is 14.3. The number of nitrogens with zero attached hydrogens (tertiary/aromatic N) is 2. The number of aromatic nitrogens is 2. The molecule has 2 aromatic rings. The largest absolute Gasteiger partial charge is 0.405 e. The number of carbonyl (C=O) groups is 2. The Hall–Kier alpha value is -2.63. The summed E-state index contributed by atoms with van der Waals surface area (Å²) in [5.74, 6) is -0.141. The molecule has 0 atom stereocenters. The van der Waals surface area contributed by atoms with Crippen molar-refractivity contribution in [1.82, 2.24) is 15.1 Å². The van der Waals surface area contributed by atoms with Crippen molar-refractivity contribution >= 4 is 11.9 Å². The number of esters is 1. The molecule has 0 saturated heterocycles. The van der Waals surface area contributed by atoms with E-state index in [0.29, 0.717) is 18.0 Å². The molecular formula is C18H21N3O3. The van der Waals surface area contributed by atoms with E-state index in [-0.39, 0.29) is 18.3 Å². The van der Waals surface area contributed by atoms with Crippen LogP contribution in [0.25, 0.3) is 11.3 Å². The van der Waals surface area contributed by atoms with Crippen molar-refractivity contribution < 1.29 is 14.3 Å². The van der Waals surface area contributed by atoms with Gasteiger partial charge in [0.25, 0.3) is 5.91 Å². The second-order valence-electron chi connectivity index (χ2n) is 6.65. The second kappa shape index (κ2) is 5.78. The maximum Gasteiger partial charge on any atom is 0.312 e. The molecule has 0 fully saturated rings. The molecular weight excluding hydrogens is 306 g/mol. The first-order chi connectivity index (χ1) is 11.3. The summed E-state index contributed by atoms with van der Waals surface area (Å²) < 4.78 is 7.17. The Labute approximate surface area is 140 Å². The van der Waals surface area contributed by atoms with Crippen LogP contribution < -0.4 is 10.1 Å². The lowest BCUT2D eigenvalue weighted by molar-refractivity contribution is -0.134. The van der Waals surface area contributed by atoms with Gasteiger partial charge < -0.3 is 10.1 Å². The van der Waals surface area contributed by atoms with Crippen molar-refractivity contribution in [3.63, 3.8) is 0 Å². The van der Waals surface area contributed by atoms with E-state index >= 15 is 0 Å². The van der Waals surface area contributed by atoms with Crippen LogP contribution in [0.2, 0.25) is 0 Å². The summed E-state index contributed by atoms with van der Waals surface area (Å²) in [5, 5.41) is 7.51. The summed E-state index contributed by atoms with van der Waals surface area (Å²) >= 11 is 0. The van der Waals surface area contributed by atoms with Gasteiger partial charge in [0.15, 0.2) is 0 Å². The van der Waals surface area contributed by atoms with Crippen molar-refractivity contribution in [2.45, 2.75) is 46.2 Å². The molecule has 6 heteroatoms. The Morgan fingerprint density at radius 3 is 2.67 bits per heavy atom. The number of carbonyl (C=O) groups excluding carboxylic acids is 2. The number of rotatable bonds is 2. The fourth-order valence-corrected chi connectivity index (χ4v) is 2.94. The van der Waals surface area contributed by atoms with E-state index in [1.807, 2.05) is 43.7 Å². The van der Waals surface area contributed by atoms with E-state index in [4.69, 9.17) is 4.74 Å². The van der Waals surface area contributed by atoms with Gasteiger partial charge in [0, 0.05) is 23.1 Å². The predicted octanol–water partition coefficient (Wildman–Crippen LogP) is 2.70.